The van der Waals surface area contributed by atoms with Gasteiger partial charge in [0.25, 0.3) is 0 Å². The van der Waals surface area contributed by atoms with E-state index in [1.54, 1.807) is 0 Å². The zero-order valence-electron chi connectivity index (χ0n) is 26.9. The van der Waals surface area contributed by atoms with E-state index in [4.69, 9.17) is 16.3 Å². The average molecular weight is 597 g/mol. The Morgan fingerprint density at radius 3 is 2.26 bits per heavy atom. The molecule has 0 aromatic heterocycles. The number of rotatable bonds is 3. The molecule has 4 nitrogen and oxygen atoms in total. The Hall–Kier alpha value is -1.36. The van der Waals surface area contributed by atoms with Crippen molar-refractivity contribution in [2.45, 2.75) is 125 Å². The highest BCUT2D eigenvalue weighted by atomic mass is 35.5. The van der Waals surface area contributed by atoms with E-state index in [1.807, 2.05) is 24.3 Å². The molecule has 1 aromatic rings. The number of carbonyl (C=O) groups excluding carboxylic acids is 1. The summed E-state index contributed by atoms with van der Waals surface area (Å²) in [4.78, 5) is 14.2. The number of halogens is 1. The zero-order valence-corrected chi connectivity index (χ0v) is 27.7. The van der Waals surface area contributed by atoms with Crippen LogP contribution in [0.4, 0.5) is 0 Å². The molecule has 232 valence electrons. The summed E-state index contributed by atoms with van der Waals surface area (Å²) in [5, 5.41) is 22.8. The number of hydrogen-bond donors (Lipinski definition) is 2. The normalized spacial score (nSPS) is 45.4. The molecule has 4 fully saturated rings. The maximum Gasteiger partial charge on any atom is 0.313 e. The molecule has 0 aliphatic heterocycles. The van der Waals surface area contributed by atoms with Gasteiger partial charge in [-0.25, -0.2) is 0 Å². The number of fused-ring (bicyclic) bond motifs is 7. The third-order valence-electron chi connectivity index (χ3n) is 14.3. The van der Waals surface area contributed by atoms with E-state index in [9.17, 15) is 15.0 Å². The molecule has 42 heavy (non-hydrogen) atoms. The third kappa shape index (κ3) is 4.24. The Bertz CT molecular complexity index is 1270. The molecule has 2 N–H and O–H groups in total. The second kappa shape index (κ2) is 9.82. The number of ether oxygens (including phenoxy) is 1. The highest BCUT2D eigenvalue weighted by Gasteiger charge is 2.70. The van der Waals surface area contributed by atoms with Gasteiger partial charge in [-0.1, -0.05) is 83.8 Å². The molecule has 0 amide bonds. The first-order chi connectivity index (χ1) is 19.5. The van der Waals surface area contributed by atoms with Crippen LogP contribution in [0.1, 0.15) is 112 Å². The minimum atomic E-state index is -0.685. The first kappa shape index (κ1) is 30.7. The van der Waals surface area contributed by atoms with E-state index in [0.29, 0.717) is 23.3 Å². The maximum atomic E-state index is 14.2. The average Bonchev–Trinajstić information content (AvgIpc) is 2.91. The van der Waals surface area contributed by atoms with Crippen LogP contribution in [0.5, 0.6) is 0 Å². The minimum absolute atomic E-state index is 0.00684. The van der Waals surface area contributed by atoms with Crippen LogP contribution in [0.2, 0.25) is 5.02 Å². The first-order valence-corrected chi connectivity index (χ1v) is 16.9. The summed E-state index contributed by atoms with van der Waals surface area (Å²) in [5.41, 5.74) is 1.90. The van der Waals surface area contributed by atoms with E-state index in [0.717, 1.165) is 56.9 Å². The van der Waals surface area contributed by atoms with Crippen LogP contribution in [-0.2, 0) is 16.1 Å². The molecule has 0 radical (unpaired) electrons. The second-order valence-corrected chi connectivity index (χ2v) is 17.5. The van der Waals surface area contributed by atoms with Crippen molar-refractivity contribution in [3.05, 3.63) is 46.5 Å². The number of hydrogen-bond acceptors (Lipinski definition) is 4. The van der Waals surface area contributed by atoms with Gasteiger partial charge in [-0.2, -0.15) is 0 Å². The van der Waals surface area contributed by atoms with Crippen LogP contribution >= 0.6 is 11.6 Å². The van der Waals surface area contributed by atoms with Gasteiger partial charge in [0.15, 0.2) is 0 Å². The second-order valence-electron chi connectivity index (χ2n) is 17.1. The Kier molecular flexibility index (Phi) is 7.17. The van der Waals surface area contributed by atoms with Gasteiger partial charge in [-0.05, 0) is 120 Å². The highest BCUT2D eigenvalue weighted by Crippen LogP contribution is 2.75. The fourth-order valence-corrected chi connectivity index (χ4v) is 11.7. The Balaban J connectivity index is 1.36. The predicted molar refractivity (Wildman–Crippen MR) is 168 cm³/mol. The van der Waals surface area contributed by atoms with Crippen molar-refractivity contribution in [1.82, 2.24) is 0 Å². The summed E-state index contributed by atoms with van der Waals surface area (Å²) >= 11 is 6.09. The van der Waals surface area contributed by atoms with Gasteiger partial charge < -0.3 is 14.9 Å². The van der Waals surface area contributed by atoms with Gasteiger partial charge in [0, 0.05) is 5.02 Å². The summed E-state index contributed by atoms with van der Waals surface area (Å²) in [6.07, 6.45) is 9.85. The molecule has 6 rings (SSSR count). The van der Waals surface area contributed by atoms with E-state index < -0.39 is 17.6 Å². The molecule has 0 heterocycles. The zero-order chi connectivity index (χ0) is 30.5. The van der Waals surface area contributed by atoms with Crippen molar-refractivity contribution in [2.75, 3.05) is 0 Å². The van der Waals surface area contributed by atoms with Crippen LogP contribution in [0.15, 0.2) is 35.9 Å². The molecule has 0 saturated heterocycles. The lowest BCUT2D eigenvalue weighted by Gasteiger charge is -2.71. The number of aliphatic hydroxyl groups is 2. The molecular weight excluding hydrogens is 544 g/mol. The summed E-state index contributed by atoms with van der Waals surface area (Å²) in [7, 11) is 0. The van der Waals surface area contributed by atoms with Gasteiger partial charge in [0.05, 0.1) is 17.6 Å². The number of carbonyl (C=O) groups is 1. The quantitative estimate of drug-likeness (QED) is 0.271. The van der Waals surface area contributed by atoms with E-state index >= 15 is 0 Å². The SMILES string of the molecule is CC1(C)CC[C@]2(C(=O)OCc3ccc(Cl)cc3)CC[C@]3(C)C(=CC[C@@H]4[C@@]5(C)C[C@@H](O)[C@H](O)C(C)(C)[C@@H]5CC[C@]43C)[C@@H]2C1. The van der Waals surface area contributed by atoms with Gasteiger partial charge in [0.2, 0.25) is 0 Å². The molecular formula is C37H53ClO4. The van der Waals surface area contributed by atoms with Crippen LogP contribution in [0.3, 0.4) is 0 Å². The molecule has 5 aliphatic rings. The third-order valence-corrected chi connectivity index (χ3v) is 14.5. The molecule has 1 aromatic carbocycles. The lowest BCUT2D eigenvalue weighted by atomic mass is 9.33. The van der Waals surface area contributed by atoms with Gasteiger partial charge in [-0.15, -0.1) is 0 Å². The fourth-order valence-electron chi connectivity index (χ4n) is 11.6. The van der Waals surface area contributed by atoms with Crippen molar-refractivity contribution in [3.63, 3.8) is 0 Å². The maximum absolute atomic E-state index is 14.2. The molecule has 0 bridgehead atoms. The smallest absolute Gasteiger partial charge is 0.313 e. The summed E-state index contributed by atoms with van der Waals surface area (Å²) < 4.78 is 6.15. The summed E-state index contributed by atoms with van der Waals surface area (Å²) in [6, 6.07) is 7.59. The van der Waals surface area contributed by atoms with Crippen molar-refractivity contribution in [2.24, 2.45) is 50.2 Å². The Labute approximate surface area is 258 Å². The molecule has 4 saturated carbocycles. The number of allylic oxidation sites excluding steroid dienone is 2. The van der Waals surface area contributed by atoms with Crippen LogP contribution in [0.25, 0.3) is 0 Å². The van der Waals surface area contributed by atoms with E-state index in [1.165, 1.54) is 5.57 Å². The van der Waals surface area contributed by atoms with Gasteiger partial charge >= 0.3 is 5.97 Å². The molecule has 0 unspecified atom stereocenters. The predicted octanol–water partition coefficient (Wildman–Crippen LogP) is 8.52. The number of aliphatic hydroxyl groups excluding tert-OH is 2. The van der Waals surface area contributed by atoms with Crippen molar-refractivity contribution < 1.29 is 19.7 Å². The van der Waals surface area contributed by atoms with Gasteiger partial charge in [0.1, 0.15) is 6.61 Å². The molecule has 5 aliphatic carbocycles. The largest absolute Gasteiger partial charge is 0.460 e. The lowest BCUT2D eigenvalue weighted by Crippen LogP contribution is -2.67. The Morgan fingerprint density at radius 2 is 1.57 bits per heavy atom. The van der Waals surface area contributed by atoms with Crippen LogP contribution in [-0.4, -0.2) is 28.4 Å². The lowest BCUT2D eigenvalue weighted by molar-refractivity contribution is -0.232. The minimum Gasteiger partial charge on any atom is -0.460 e. The first-order valence-electron chi connectivity index (χ1n) is 16.5. The molecule has 0 spiro atoms. The molecule has 9 atom stereocenters. The van der Waals surface area contributed by atoms with Crippen molar-refractivity contribution in [3.8, 4) is 0 Å². The summed E-state index contributed by atoms with van der Waals surface area (Å²) in [6.45, 7) is 16.8. The molecule has 5 heteroatoms. The van der Waals surface area contributed by atoms with Crippen LogP contribution in [0, 0.1) is 50.2 Å². The monoisotopic (exact) mass is 596 g/mol. The van der Waals surface area contributed by atoms with Crippen LogP contribution < -0.4 is 0 Å². The topological polar surface area (TPSA) is 66.8 Å². The Morgan fingerprint density at radius 1 is 0.905 bits per heavy atom. The van der Waals surface area contributed by atoms with E-state index in [2.05, 4.69) is 54.5 Å². The number of benzene rings is 1. The highest BCUT2D eigenvalue weighted by molar-refractivity contribution is 6.30. The van der Waals surface area contributed by atoms with E-state index in [-0.39, 0.29) is 45.6 Å². The van der Waals surface area contributed by atoms with Gasteiger partial charge in [-0.3, -0.25) is 4.79 Å². The summed E-state index contributed by atoms with van der Waals surface area (Å²) in [5.74, 6) is 0.977. The van der Waals surface area contributed by atoms with Crippen molar-refractivity contribution in [1.29, 1.82) is 0 Å². The standard InChI is InChI=1S/C37H53ClO4/c1-32(2)16-18-37(31(41)42-22-23-8-10-24(38)11-9-23)19-17-35(6)25(26(37)20-32)12-13-29-34(5)21-27(39)30(40)33(3,4)28(34)14-15-36(29,35)7/h8-12,26-30,39-40H,13-22H2,1-7H3/t26-,27+,28-,29+,30-,34-,35+,36+,37-/m0/s1. The number of esters is 1. The fraction of sp³-hybridized carbons (Fsp3) is 0.757. The van der Waals surface area contributed by atoms with Crippen molar-refractivity contribution >= 4 is 17.6 Å².